The van der Waals surface area contributed by atoms with Gasteiger partial charge in [0, 0.05) is 12.2 Å². The maximum atomic E-state index is 9.22. The number of rotatable bonds is 4. The van der Waals surface area contributed by atoms with Gasteiger partial charge in [-0.05, 0) is 24.6 Å². The highest BCUT2D eigenvalue weighted by molar-refractivity contribution is 5.21. The van der Waals surface area contributed by atoms with Crippen LogP contribution < -0.4 is 5.32 Å². The summed E-state index contributed by atoms with van der Waals surface area (Å²) in [4.78, 5) is 4.21. The Bertz CT molecular complexity index is 516. The van der Waals surface area contributed by atoms with Gasteiger partial charge in [0.25, 0.3) is 0 Å². The summed E-state index contributed by atoms with van der Waals surface area (Å²) >= 11 is 0. The van der Waals surface area contributed by atoms with Gasteiger partial charge in [-0.15, -0.1) is 0 Å². The van der Waals surface area contributed by atoms with Crippen molar-refractivity contribution in [2.45, 2.75) is 19.0 Å². The standard InChI is InChI=1S/C15H15N3/c1-12(13-7-3-2-4-8-13)18-15(11-16)14-9-5-6-10-17-14/h2-10,12,15,18H,1H3/t12-,15+/m0/s1. The van der Waals surface area contributed by atoms with Crippen LogP contribution in [0, 0.1) is 11.3 Å². The Balaban J connectivity index is 2.11. The molecule has 0 saturated heterocycles. The first-order valence-electron chi connectivity index (χ1n) is 5.93. The van der Waals surface area contributed by atoms with Gasteiger partial charge in [-0.2, -0.15) is 5.26 Å². The summed E-state index contributed by atoms with van der Waals surface area (Å²) in [6, 6.07) is 17.6. The van der Waals surface area contributed by atoms with Crippen LogP contribution in [0.2, 0.25) is 0 Å². The predicted molar refractivity (Wildman–Crippen MR) is 70.6 cm³/mol. The molecule has 1 aromatic carbocycles. The molecule has 1 heterocycles. The van der Waals surface area contributed by atoms with Crippen molar-refractivity contribution in [3.8, 4) is 6.07 Å². The molecule has 3 nitrogen and oxygen atoms in total. The minimum Gasteiger partial charge on any atom is -0.290 e. The van der Waals surface area contributed by atoms with Gasteiger partial charge >= 0.3 is 0 Å². The first-order chi connectivity index (χ1) is 8.81. The molecule has 0 aliphatic heterocycles. The molecule has 0 aliphatic carbocycles. The molecule has 2 rings (SSSR count). The molecule has 1 N–H and O–H groups in total. The highest BCUT2D eigenvalue weighted by atomic mass is 15.0. The van der Waals surface area contributed by atoms with Crippen LogP contribution in [0.3, 0.4) is 0 Å². The van der Waals surface area contributed by atoms with E-state index in [0.717, 1.165) is 11.3 Å². The lowest BCUT2D eigenvalue weighted by Crippen LogP contribution is -2.24. The average molecular weight is 237 g/mol. The Kier molecular flexibility index (Phi) is 4.06. The van der Waals surface area contributed by atoms with Gasteiger partial charge in [-0.3, -0.25) is 10.3 Å². The SMILES string of the molecule is C[C@H](N[C@H](C#N)c1ccccn1)c1ccccc1. The maximum Gasteiger partial charge on any atom is 0.138 e. The van der Waals surface area contributed by atoms with Crippen molar-refractivity contribution in [2.24, 2.45) is 0 Å². The molecule has 0 spiro atoms. The Labute approximate surface area is 107 Å². The monoisotopic (exact) mass is 237 g/mol. The van der Waals surface area contributed by atoms with Gasteiger partial charge < -0.3 is 0 Å². The fourth-order valence-corrected chi connectivity index (χ4v) is 1.82. The van der Waals surface area contributed by atoms with Crippen molar-refractivity contribution in [1.29, 1.82) is 5.26 Å². The molecule has 0 saturated carbocycles. The van der Waals surface area contributed by atoms with E-state index in [4.69, 9.17) is 0 Å². The van der Waals surface area contributed by atoms with Crippen LogP contribution in [0.4, 0.5) is 0 Å². The lowest BCUT2D eigenvalue weighted by molar-refractivity contribution is 0.525. The Morgan fingerprint density at radius 1 is 1.11 bits per heavy atom. The molecule has 0 fully saturated rings. The molecule has 2 atom stereocenters. The third-order valence-electron chi connectivity index (χ3n) is 2.83. The molecule has 0 bridgehead atoms. The van der Waals surface area contributed by atoms with Gasteiger partial charge in [-0.25, -0.2) is 0 Å². The van der Waals surface area contributed by atoms with Crippen molar-refractivity contribution < 1.29 is 0 Å². The number of nitrogens with zero attached hydrogens (tertiary/aromatic N) is 2. The zero-order chi connectivity index (χ0) is 12.8. The zero-order valence-corrected chi connectivity index (χ0v) is 10.2. The van der Waals surface area contributed by atoms with Gasteiger partial charge in [0.05, 0.1) is 11.8 Å². The molecule has 0 amide bonds. The molecule has 90 valence electrons. The van der Waals surface area contributed by atoms with Crippen molar-refractivity contribution in [3.63, 3.8) is 0 Å². The Hall–Kier alpha value is -2.18. The van der Waals surface area contributed by atoms with E-state index in [0.29, 0.717) is 0 Å². The van der Waals surface area contributed by atoms with Crippen molar-refractivity contribution in [1.82, 2.24) is 10.3 Å². The second-order valence-electron chi connectivity index (χ2n) is 4.12. The largest absolute Gasteiger partial charge is 0.290 e. The van der Waals surface area contributed by atoms with E-state index in [9.17, 15) is 5.26 Å². The molecule has 3 heteroatoms. The molecule has 0 unspecified atom stereocenters. The summed E-state index contributed by atoms with van der Waals surface area (Å²) in [6.45, 7) is 2.04. The zero-order valence-electron chi connectivity index (χ0n) is 10.2. The molecule has 18 heavy (non-hydrogen) atoms. The molecule has 2 aromatic rings. The van der Waals surface area contributed by atoms with Crippen molar-refractivity contribution in [3.05, 3.63) is 66.0 Å². The van der Waals surface area contributed by atoms with Gasteiger partial charge in [0.2, 0.25) is 0 Å². The molecule has 0 aliphatic rings. The van der Waals surface area contributed by atoms with Crippen LogP contribution >= 0.6 is 0 Å². The van der Waals surface area contributed by atoms with E-state index in [1.54, 1.807) is 6.20 Å². The lowest BCUT2D eigenvalue weighted by Gasteiger charge is -2.18. The van der Waals surface area contributed by atoms with Gasteiger partial charge in [0.15, 0.2) is 0 Å². The van der Waals surface area contributed by atoms with E-state index in [1.165, 1.54) is 0 Å². The van der Waals surface area contributed by atoms with Crippen LogP contribution in [0.1, 0.15) is 30.3 Å². The van der Waals surface area contributed by atoms with E-state index < -0.39 is 0 Å². The third-order valence-corrected chi connectivity index (χ3v) is 2.83. The van der Waals surface area contributed by atoms with Crippen molar-refractivity contribution >= 4 is 0 Å². The molecule has 0 radical (unpaired) electrons. The fraction of sp³-hybridized carbons (Fsp3) is 0.200. The first-order valence-corrected chi connectivity index (χ1v) is 5.93. The third kappa shape index (κ3) is 2.93. The van der Waals surface area contributed by atoms with Crippen LogP contribution in [-0.4, -0.2) is 4.98 Å². The second-order valence-corrected chi connectivity index (χ2v) is 4.12. The second kappa shape index (κ2) is 5.95. The summed E-state index contributed by atoms with van der Waals surface area (Å²) in [6.07, 6.45) is 1.70. The minimum absolute atomic E-state index is 0.109. The summed E-state index contributed by atoms with van der Waals surface area (Å²) in [5.74, 6) is 0. The topological polar surface area (TPSA) is 48.7 Å². The average Bonchev–Trinajstić information content (AvgIpc) is 2.46. The normalized spacial score (nSPS) is 13.6. The number of aromatic nitrogens is 1. The maximum absolute atomic E-state index is 9.22. The number of hydrogen-bond donors (Lipinski definition) is 1. The van der Waals surface area contributed by atoms with Crippen LogP contribution in [-0.2, 0) is 0 Å². The highest BCUT2D eigenvalue weighted by Crippen LogP contribution is 2.17. The smallest absolute Gasteiger partial charge is 0.138 e. The molecular weight excluding hydrogens is 222 g/mol. The number of benzene rings is 1. The van der Waals surface area contributed by atoms with Crippen molar-refractivity contribution in [2.75, 3.05) is 0 Å². The molecule has 1 aromatic heterocycles. The number of hydrogen-bond acceptors (Lipinski definition) is 3. The molecular formula is C15H15N3. The fourth-order valence-electron chi connectivity index (χ4n) is 1.82. The summed E-state index contributed by atoms with van der Waals surface area (Å²) in [7, 11) is 0. The van der Waals surface area contributed by atoms with Gasteiger partial charge in [-0.1, -0.05) is 36.4 Å². The summed E-state index contributed by atoms with van der Waals surface area (Å²) in [5.41, 5.74) is 1.91. The van der Waals surface area contributed by atoms with Crippen LogP contribution in [0.15, 0.2) is 54.7 Å². The minimum atomic E-state index is -0.388. The highest BCUT2D eigenvalue weighted by Gasteiger charge is 2.15. The van der Waals surface area contributed by atoms with E-state index in [-0.39, 0.29) is 12.1 Å². The Morgan fingerprint density at radius 3 is 2.44 bits per heavy atom. The number of nitrogens with one attached hydrogen (secondary N) is 1. The predicted octanol–water partition coefficient (Wildman–Crippen LogP) is 3.00. The van der Waals surface area contributed by atoms with E-state index in [2.05, 4.69) is 16.4 Å². The summed E-state index contributed by atoms with van der Waals surface area (Å²) < 4.78 is 0. The number of pyridine rings is 1. The first kappa shape index (κ1) is 12.3. The summed E-state index contributed by atoms with van der Waals surface area (Å²) in [5, 5.41) is 12.5. The quantitative estimate of drug-likeness (QED) is 0.889. The van der Waals surface area contributed by atoms with Gasteiger partial charge in [0.1, 0.15) is 6.04 Å². The lowest BCUT2D eigenvalue weighted by atomic mass is 10.1. The van der Waals surface area contributed by atoms with Crippen LogP contribution in [0.25, 0.3) is 0 Å². The van der Waals surface area contributed by atoms with E-state index >= 15 is 0 Å². The number of nitriles is 1. The Morgan fingerprint density at radius 2 is 1.83 bits per heavy atom. The van der Waals surface area contributed by atoms with E-state index in [1.807, 2.05) is 55.5 Å². The van der Waals surface area contributed by atoms with Crippen LogP contribution in [0.5, 0.6) is 0 Å².